The normalized spacial score (nSPS) is 10.2. The smallest absolute Gasteiger partial charge is 0.228 e. The van der Waals surface area contributed by atoms with E-state index in [0.29, 0.717) is 18.4 Å². The first-order valence-electron chi connectivity index (χ1n) is 5.08. The molecule has 2 heterocycles. The number of nitrogens with one attached hydrogen (secondary N) is 2. The van der Waals surface area contributed by atoms with Crippen molar-refractivity contribution in [3.8, 4) is 0 Å². The Labute approximate surface area is 103 Å². The lowest BCUT2D eigenvalue weighted by molar-refractivity contribution is 0.636. The molecular weight excluding hydrogens is 242 g/mol. The molecule has 17 heavy (non-hydrogen) atoms. The Bertz CT molecular complexity index is 470. The predicted molar refractivity (Wildman–Crippen MR) is 65.1 cm³/mol. The molecule has 8 heteroatoms. The number of anilines is 2. The Morgan fingerprint density at radius 2 is 2.12 bits per heavy atom. The summed E-state index contributed by atoms with van der Waals surface area (Å²) in [5.74, 6) is 0.882. The van der Waals surface area contributed by atoms with E-state index in [0.717, 1.165) is 6.54 Å². The highest BCUT2D eigenvalue weighted by Crippen LogP contribution is 2.08. The van der Waals surface area contributed by atoms with Crippen molar-refractivity contribution in [2.24, 2.45) is 0 Å². The first-order valence-corrected chi connectivity index (χ1v) is 5.46. The van der Waals surface area contributed by atoms with Crippen molar-refractivity contribution in [1.29, 1.82) is 0 Å². The number of hydrogen-bond donors (Lipinski definition) is 2. The lowest BCUT2D eigenvalue weighted by Crippen LogP contribution is -2.13. The lowest BCUT2D eigenvalue weighted by atomic mass is 10.6. The minimum absolute atomic E-state index is 0.158. The van der Waals surface area contributed by atoms with Gasteiger partial charge in [0.25, 0.3) is 0 Å². The van der Waals surface area contributed by atoms with E-state index in [1.165, 1.54) is 0 Å². The molecule has 0 spiro atoms. The molecule has 0 radical (unpaired) electrons. The van der Waals surface area contributed by atoms with Gasteiger partial charge in [-0.15, -0.1) is 0 Å². The van der Waals surface area contributed by atoms with Crippen molar-refractivity contribution in [3.05, 3.63) is 23.7 Å². The van der Waals surface area contributed by atoms with Crippen LogP contribution in [0, 0.1) is 0 Å². The topological polar surface area (TPSA) is 80.5 Å². The number of halogens is 1. The predicted octanol–water partition coefficient (Wildman–Crippen LogP) is 0.875. The van der Waals surface area contributed by atoms with Gasteiger partial charge < -0.3 is 10.6 Å². The maximum atomic E-state index is 5.75. The van der Waals surface area contributed by atoms with Crippen LogP contribution in [0.25, 0.3) is 0 Å². The van der Waals surface area contributed by atoms with Crippen LogP contribution in [0.4, 0.5) is 11.9 Å². The summed E-state index contributed by atoms with van der Waals surface area (Å²) in [6.45, 7) is 1.39. The van der Waals surface area contributed by atoms with Crippen molar-refractivity contribution in [1.82, 2.24) is 24.7 Å². The molecule has 7 nitrogen and oxygen atoms in total. The van der Waals surface area contributed by atoms with Gasteiger partial charge >= 0.3 is 0 Å². The largest absolute Gasteiger partial charge is 0.357 e. The average molecular weight is 254 g/mol. The van der Waals surface area contributed by atoms with Crippen molar-refractivity contribution in [2.75, 3.05) is 24.2 Å². The van der Waals surface area contributed by atoms with Crippen LogP contribution in [-0.2, 0) is 6.54 Å². The van der Waals surface area contributed by atoms with Gasteiger partial charge in [0, 0.05) is 26.0 Å². The third-order valence-electron chi connectivity index (χ3n) is 2.01. The lowest BCUT2D eigenvalue weighted by Gasteiger charge is -2.06. The minimum atomic E-state index is 0.158. The zero-order chi connectivity index (χ0) is 12.1. The van der Waals surface area contributed by atoms with Gasteiger partial charge in [-0.1, -0.05) is 0 Å². The second kappa shape index (κ2) is 5.44. The van der Waals surface area contributed by atoms with Crippen molar-refractivity contribution in [2.45, 2.75) is 6.54 Å². The molecule has 2 rings (SSSR count). The van der Waals surface area contributed by atoms with E-state index >= 15 is 0 Å². The van der Waals surface area contributed by atoms with Gasteiger partial charge in [0.1, 0.15) is 0 Å². The van der Waals surface area contributed by atoms with Gasteiger partial charge in [0.15, 0.2) is 0 Å². The van der Waals surface area contributed by atoms with Crippen LogP contribution in [0.2, 0.25) is 5.28 Å². The number of hydrogen-bond acceptors (Lipinski definition) is 6. The van der Waals surface area contributed by atoms with Crippen LogP contribution in [0.15, 0.2) is 18.5 Å². The highest BCUT2D eigenvalue weighted by molar-refractivity contribution is 6.28. The Kier molecular flexibility index (Phi) is 3.71. The molecule has 0 saturated carbocycles. The first kappa shape index (κ1) is 11.6. The molecule has 0 unspecified atom stereocenters. The number of nitrogens with zero attached hydrogens (tertiary/aromatic N) is 5. The summed E-state index contributed by atoms with van der Waals surface area (Å²) in [7, 11) is 1.72. The molecule has 0 aromatic carbocycles. The first-order chi connectivity index (χ1) is 8.28. The Morgan fingerprint density at radius 1 is 1.29 bits per heavy atom. The van der Waals surface area contributed by atoms with Crippen molar-refractivity contribution < 1.29 is 0 Å². The minimum Gasteiger partial charge on any atom is -0.357 e. The van der Waals surface area contributed by atoms with E-state index in [4.69, 9.17) is 11.6 Å². The van der Waals surface area contributed by atoms with Gasteiger partial charge in [-0.2, -0.15) is 20.1 Å². The standard InChI is InChI=1S/C9H12ClN7/c1-11-8-14-7(10)15-9(16-8)12-4-6-17-5-2-3-13-17/h2-3,5H,4,6H2,1H3,(H2,11,12,14,15,16). The Morgan fingerprint density at radius 3 is 2.82 bits per heavy atom. The molecule has 90 valence electrons. The van der Waals surface area contributed by atoms with E-state index in [1.54, 1.807) is 13.2 Å². The zero-order valence-electron chi connectivity index (χ0n) is 9.26. The Balaban J connectivity index is 1.92. The van der Waals surface area contributed by atoms with E-state index in [1.807, 2.05) is 16.9 Å². The number of rotatable bonds is 5. The van der Waals surface area contributed by atoms with E-state index in [9.17, 15) is 0 Å². The fourth-order valence-corrected chi connectivity index (χ4v) is 1.42. The quantitative estimate of drug-likeness (QED) is 0.823. The summed E-state index contributed by atoms with van der Waals surface area (Å²) in [6, 6.07) is 1.87. The molecule has 0 atom stereocenters. The average Bonchev–Trinajstić information content (AvgIpc) is 2.81. The summed E-state index contributed by atoms with van der Waals surface area (Å²) in [4.78, 5) is 12.0. The van der Waals surface area contributed by atoms with Gasteiger partial charge in [-0.3, -0.25) is 4.68 Å². The van der Waals surface area contributed by atoms with Crippen molar-refractivity contribution in [3.63, 3.8) is 0 Å². The monoisotopic (exact) mass is 253 g/mol. The molecule has 2 aromatic rings. The van der Waals surface area contributed by atoms with Gasteiger partial charge in [0.2, 0.25) is 17.2 Å². The van der Waals surface area contributed by atoms with Crippen LogP contribution in [0.1, 0.15) is 0 Å². The van der Waals surface area contributed by atoms with Crippen LogP contribution >= 0.6 is 11.6 Å². The molecule has 0 amide bonds. The maximum Gasteiger partial charge on any atom is 0.228 e. The molecule has 0 aliphatic rings. The fourth-order valence-electron chi connectivity index (χ4n) is 1.26. The van der Waals surface area contributed by atoms with Gasteiger partial charge in [-0.05, 0) is 17.7 Å². The fraction of sp³-hybridized carbons (Fsp3) is 0.333. The van der Waals surface area contributed by atoms with Crippen molar-refractivity contribution >= 4 is 23.5 Å². The molecule has 0 aliphatic carbocycles. The number of aromatic nitrogens is 5. The summed E-state index contributed by atoms with van der Waals surface area (Å²) >= 11 is 5.75. The van der Waals surface area contributed by atoms with Crippen LogP contribution in [0.3, 0.4) is 0 Å². The second-order valence-electron chi connectivity index (χ2n) is 3.20. The molecule has 0 saturated heterocycles. The summed E-state index contributed by atoms with van der Waals surface area (Å²) in [6.07, 6.45) is 3.63. The molecule has 0 bridgehead atoms. The summed E-state index contributed by atoms with van der Waals surface area (Å²) < 4.78 is 1.81. The van der Waals surface area contributed by atoms with Crippen LogP contribution < -0.4 is 10.6 Å². The van der Waals surface area contributed by atoms with Crippen LogP contribution in [0.5, 0.6) is 0 Å². The maximum absolute atomic E-state index is 5.75. The molecule has 2 N–H and O–H groups in total. The summed E-state index contributed by atoms with van der Waals surface area (Å²) in [5.41, 5.74) is 0. The third-order valence-corrected chi connectivity index (χ3v) is 2.18. The van der Waals surface area contributed by atoms with Crippen LogP contribution in [-0.4, -0.2) is 38.3 Å². The second-order valence-corrected chi connectivity index (χ2v) is 3.54. The Hall–Kier alpha value is -1.89. The highest BCUT2D eigenvalue weighted by atomic mass is 35.5. The molecule has 0 fully saturated rings. The van der Waals surface area contributed by atoms with E-state index < -0.39 is 0 Å². The molecule has 0 aliphatic heterocycles. The zero-order valence-corrected chi connectivity index (χ0v) is 10.0. The molecule has 2 aromatic heterocycles. The van der Waals surface area contributed by atoms with Gasteiger partial charge in [-0.25, -0.2) is 0 Å². The summed E-state index contributed by atoms with van der Waals surface area (Å²) in [5, 5.41) is 10.1. The third kappa shape index (κ3) is 3.28. The van der Waals surface area contributed by atoms with E-state index in [-0.39, 0.29) is 5.28 Å². The SMILES string of the molecule is CNc1nc(Cl)nc(NCCn2cccn2)n1. The molecular formula is C9H12ClN7. The highest BCUT2D eigenvalue weighted by Gasteiger charge is 2.02. The van der Waals surface area contributed by atoms with E-state index in [2.05, 4.69) is 30.7 Å². The van der Waals surface area contributed by atoms with Gasteiger partial charge in [0.05, 0.1) is 6.54 Å².